The van der Waals surface area contributed by atoms with E-state index in [2.05, 4.69) is 26.3 Å². The minimum absolute atomic E-state index is 0.247. The summed E-state index contributed by atoms with van der Waals surface area (Å²) in [5.74, 6) is 1.82. The van der Waals surface area contributed by atoms with Crippen LogP contribution in [0.25, 0.3) is 0 Å². The number of piperidine rings is 1. The zero-order chi connectivity index (χ0) is 17.8. The van der Waals surface area contributed by atoms with Crippen molar-refractivity contribution in [3.8, 4) is 5.75 Å². The fourth-order valence-electron chi connectivity index (χ4n) is 3.92. The SMILES string of the molecule is OC[C@@H]1CCCCN1CCNc1ncnc2c1Cc1ccccc1OC2. The van der Waals surface area contributed by atoms with Crippen molar-refractivity contribution in [3.05, 3.63) is 47.4 Å². The van der Waals surface area contributed by atoms with E-state index in [1.54, 1.807) is 6.33 Å². The molecule has 2 aliphatic rings. The third-order valence-corrected chi connectivity index (χ3v) is 5.39. The van der Waals surface area contributed by atoms with Gasteiger partial charge in [0.15, 0.2) is 0 Å². The molecule has 1 atom stereocenters. The van der Waals surface area contributed by atoms with Crippen LogP contribution in [0.4, 0.5) is 5.82 Å². The van der Waals surface area contributed by atoms with E-state index < -0.39 is 0 Å². The van der Waals surface area contributed by atoms with Gasteiger partial charge in [0, 0.05) is 31.1 Å². The molecule has 0 bridgehead atoms. The Morgan fingerprint density at radius 3 is 3.08 bits per heavy atom. The summed E-state index contributed by atoms with van der Waals surface area (Å²) < 4.78 is 5.90. The largest absolute Gasteiger partial charge is 0.487 e. The van der Waals surface area contributed by atoms with Crippen LogP contribution in [0, 0.1) is 0 Å². The number of aliphatic hydroxyl groups excluding tert-OH is 1. The van der Waals surface area contributed by atoms with Crippen molar-refractivity contribution in [1.29, 1.82) is 0 Å². The second kappa shape index (κ2) is 8.01. The van der Waals surface area contributed by atoms with Crippen molar-refractivity contribution in [2.45, 2.75) is 38.3 Å². The number of hydrogen-bond acceptors (Lipinski definition) is 6. The first-order valence-electron chi connectivity index (χ1n) is 9.47. The van der Waals surface area contributed by atoms with Crippen LogP contribution in [0.3, 0.4) is 0 Å². The molecule has 3 heterocycles. The summed E-state index contributed by atoms with van der Waals surface area (Å²) in [6.45, 7) is 3.51. The molecule has 1 saturated heterocycles. The molecular weight excluding hydrogens is 328 g/mol. The molecule has 2 N–H and O–H groups in total. The van der Waals surface area contributed by atoms with Gasteiger partial charge in [0.1, 0.15) is 24.5 Å². The standard InChI is InChI=1S/C20H26N4O2/c25-12-16-6-3-4-9-24(16)10-8-21-20-17-11-15-5-1-2-7-19(15)26-13-18(17)22-14-23-20/h1-2,5,7,14,16,25H,3-4,6,8-13H2,(H,21,22,23)/t16-/m0/s1. The molecule has 0 radical (unpaired) electrons. The number of benzene rings is 1. The highest BCUT2D eigenvalue weighted by atomic mass is 16.5. The molecule has 138 valence electrons. The zero-order valence-electron chi connectivity index (χ0n) is 15.0. The van der Waals surface area contributed by atoms with Crippen LogP contribution in [0.15, 0.2) is 30.6 Å². The average molecular weight is 354 g/mol. The van der Waals surface area contributed by atoms with Crippen molar-refractivity contribution in [1.82, 2.24) is 14.9 Å². The van der Waals surface area contributed by atoms with Crippen LogP contribution in [-0.2, 0) is 13.0 Å². The Morgan fingerprint density at radius 2 is 2.15 bits per heavy atom. The molecule has 6 heteroatoms. The minimum atomic E-state index is 0.247. The molecule has 1 aromatic carbocycles. The van der Waals surface area contributed by atoms with E-state index in [1.807, 2.05) is 18.2 Å². The predicted molar refractivity (Wildman–Crippen MR) is 100 cm³/mol. The van der Waals surface area contributed by atoms with Crippen LogP contribution >= 0.6 is 0 Å². The van der Waals surface area contributed by atoms with Gasteiger partial charge in [0.2, 0.25) is 0 Å². The van der Waals surface area contributed by atoms with E-state index in [0.29, 0.717) is 12.6 Å². The van der Waals surface area contributed by atoms with Gasteiger partial charge in [-0.05, 0) is 31.0 Å². The number of aromatic nitrogens is 2. The number of likely N-dealkylation sites (tertiary alicyclic amines) is 1. The van der Waals surface area contributed by atoms with Gasteiger partial charge in [0.25, 0.3) is 0 Å². The van der Waals surface area contributed by atoms with Crippen LogP contribution in [0.1, 0.15) is 36.1 Å². The Labute approximate surface area is 154 Å². The molecule has 0 saturated carbocycles. The van der Waals surface area contributed by atoms with Crippen molar-refractivity contribution in [2.24, 2.45) is 0 Å². The zero-order valence-corrected chi connectivity index (χ0v) is 15.0. The minimum Gasteiger partial charge on any atom is -0.487 e. The third-order valence-electron chi connectivity index (χ3n) is 5.39. The fraction of sp³-hybridized carbons (Fsp3) is 0.500. The lowest BCUT2D eigenvalue weighted by Gasteiger charge is -2.34. The number of aliphatic hydroxyl groups is 1. The molecule has 2 aliphatic heterocycles. The Balaban J connectivity index is 1.45. The van der Waals surface area contributed by atoms with Gasteiger partial charge in [-0.2, -0.15) is 0 Å². The predicted octanol–water partition coefficient (Wildman–Crippen LogP) is 2.22. The van der Waals surface area contributed by atoms with Gasteiger partial charge in [0.05, 0.1) is 12.3 Å². The summed E-state index contributed by atoms with van der Waals surface area (Å²) in [5.41, 5.74) is 3.24. The van der Waals surface area contributed by atoms with Gasteiger partial charge in [-0.25, -0.2) is 9.97 Å². The number of nitrogens with one attached hydrogen (secondary N) is 1. The van der Waals surface area contributed by atoms with E-state index in [4.69, 9.17) is 4.74 Å². The molecule has 0 spiro atoms. The quantitative estimate of drug-likeness (QED) is 0.858. The molecule has 26 heavy (non-hydrogen) atoms. The lowest BCUT2D eigenvalue weighted by molar-refractivity contribution is 0.0940. The molecule has 0 amide bonds. The summed E-state index contributed by atoms with van der Waals surface area (Å²) in [4.78, 5) is 11.3. The first kappa shape index (κ1) is 17.2. The Kier molecular flexibility index (Phi) is 5.32. The number of hydrogen-bond donors (Lipinski definition) is 2. The molecule has 2 aromatic rings. The highest BCUT2D eigenvalue weighted by molar-refractivity contribution is 5.51. The van der Waals surface area contributed by atoms with Crippen molar-refractivity contribution < 1.29 is 9.84 Å². The normalized spacial score (nSPS) is 19.8. The molecule has 1 fully saturated rings. The first-order chi connectivity index (χ1) is 12.8. The second-order valence-corrected chi connectivity index (χ2v) is 7.02. The van der Waals surface area contributed by atoms with Crippen molar-refractivity contribution in [3.63, 3.8) is 0 Å². The van der Waals surface area contributed by atoms with Gasteiger partial charge < -0.3 is 15.2 Å². The molecule has 0 aliphatic carbocycles. The second-order valence-electron chi connectivity index (χ2n) is 7.02. The first-order valence-corrected chi connectivity index (χ1v) is 9.47. The summed E-state index contributed by atoms with van der Waals surface area (Å²) in [6.07, 6.45) is 5.91. The van der Waals surface area contributed by atoms with E-state index in [0.717, 1.165) is 55.3 Å². The van der Waals surface area contributed by atoms with Gasteiger partial charge >= 0.3 is 0 Å². The van der Waals surface area contributed by atoms with Crippen LogP contribution in [0.5, 0.6) is 5.75 Å². The number of anilines is 1. The smallest absolute Gasteiger partial charge is 0.133 e. The molecular formula is C20H26N4O2. The average Bonchev–Trinajstić information content (AvgIpc) is 2.88. The van der Waals surface area contributed by atoms with Gasteiger partial charge in [-0.1, -0.05) is 24.6 Å². The Morgan fingerprint density at radius 1 is 1.23 bits per heavy atom. The van der Waals surface area contributed by atoms with E-state index in [-0.39, 0.29) is 6.61 Å². The summed E-state index contributed by atoms with van der Waals surface area (Å²) >= 11 is 0. The molecule has 0 unspecified atom stereocenters. The van der Waals surface area contributed by atoms with Gasteiger partial charge in [-0.15, -0.1) is 0 Å². The highest BCUT2D eigenvalue weighted by Crippen LogP contribution is 2.30. The fourth-order valence-corrected chi connectivity index (χ4v) is 3.92. The number of nitrogens with zero attached hydrogens (tertiary/aromatic N) is 3. The van der Waals surface area contributed by atoms with E-state index >= 15 is 0 Å². The van der Waals surface area contributed by atoms with E-state index in [9.17, 15) is 5.11 Å². The summed E-state index contributed by atoms with van der Waals surface area (Å²) in [6, 6.07) is 8.44. The lowest BCUT2D eigenvalue weighted by atomic mass is 10.0. The summed E-state index contributed by atoms with van der Waals surface area (Å²) in [5, 5.41) is 13.1. The number of rotatable bonds is 5. The third kappa shape index (κ3) is 3.66. The number of ether oxygens (including phenoxy) is 1. The monoisotopic (exact) mass is 354 g/mol. The lowest BCUT2D eigenvalue weighted by Crippen LogP contribution is -2.44. The Hall–Kier alpha value is -2.18. The van der Waals surface area contributed by atoms with Crippen LogP contribution in [-0.4, -0.2) is 52.3 Å². The van der Waals surface area contributed by atoms with Crippen LogP contribution in [0.2, 0.25) is 0 Å². The van der Waals surface area contributed by atoms with Gasteiger partial charge in [-0.3, -0.25) is 4.90 Å². The molecule has 4 rings (SSSR count). The maximum absolute atomic E-state index is 9.56. The van der Waals surface area contributed by atoms with Crippen molar-refractivity contribution >= 4 is 5.82 Å². The maximum Gasteiger partial charge on any atom is 0.133 e. The molecule has 6 nitrogen and oxygen atoms in total. The highest BCUT2D eigenvalue weighted by Gasteiger charge is 2.22. The van der Waals surface area contributed by atoms with Crippen molar-refractivity contribution in [2.75, 3.05) is 31.6 Å². The summed E-state index contributed by atoms with van der Waals surface area (Å²) in [7, 11) is 0. The van der Waals surface area contributed by atoms with Crippen LogP contribution < -0.4 is 10.1 Å². The topological polar surface area (TPSA) is 70.5 Å². The molecule has 1 aromatic heterocycles. The number of fused-ring (bicyclic) bond motifs is 2. The Bertz CT molecular complexity index is 752. The number of para-hydroxylation sites is 1. The maximum atomic E-state index is 9.56. The van der Waals surface area contributed by atoms with E-state index in [1.165, 1.54) is 18.4 Å².